The number of esters is 1. The Bertz CT molecular complexity index is 405. The lowest BCUT2D eigenvalue weighted by Crippen LogP contribution is -2.44. The van der Waals surface area contributed by atoms with Crippen LogP contribution in [0.2, 0.25) is 0 Å². The Morgan fingerprint density at radius 1 is 0.792 bits per heavy atom. The first-order valence-corrected chi connectivity index (χ1v) is 8.16. The standard InChI is InChI=1S/C17H31NO6/c1-16(2,3)23-14(20)18(15(21)24-17(4,5)6)12-10-8-9-11-13(19)22-7/h8-12H2,1-7H3. The van der Waals surface area contributed by atoms with Crippen molar-refractivity contribution in [2.45, 2.75) is 78.4 Å². The molecule has 0 saturated heterocycles. The van der Waals surface area contributed by atoms with Crippen molar-refractivity contribution in [3.63, 3.8) is 0 Å². The van der Waals surface area contributed by atoms with E-state index in [0.717, 1.165) is 4.90 Å². The molecule has 0 atom stereocenters. The minimum atomic E-state index is -0.732. The molecular formula is C17H31NO6. The molecule has 0 rings (SSSR count). The number of unbranched alkanes of at least 4 members (excludes halogenated alkanes) is 2. The molecule has 0 aromatic rings. The molecule has 2 amide bonds. The maximum absolute atomic E-state index is 12.2. The van der Waals surface area contributed by atoms with Crippen molar-refractivity contribution in [1.29, 1.82) is 0 Å². The molecule has 0 unspecified atom stereocenters. The number of imide groups is 1. The SMILES string of the molecule is COC(=O)CCCCCN(C(=O)OC(C)(C)C)C(=O)OC(C)(C)C. The molecule has 140 valence electrons. The van der Waals surface area contributed by atoms with Gasteiger partial charge in [0.05, 0.1) is 7.11 Å². The zero-order valence-corrected chi connectivity index (χ0v) is 15.9. The number of ether oxygens (including phenoxy) is 3. The van der Waals surface area contributed by atoms with Gasteiger partial charge < -0.3 is 14.2 Å². The Morgan fingerprint density at radius 3 is 1.62 bits per heavy atom. The van der Waals surface area contributed by atoms with E-state index in [1.54, 1.807) is 41.5 Å². The van der Waals surface area contributed by atoms with Gasteiger partial charge in [0.1, 0.15) is 11.2 Å². The Kier molecular flexibility index (Phi) is 8.78. The van der Waals surface area contributed by atoms with Crippen LogP contribution in [0, 0.1) is 0 Å². The van der Waals surface area contributed by atoms with E-state index in [1.807, 2.05) is 0 Å². The third-order valence-electron chi connectivity index (χ3n) is 2.72. The molecule has 0 saturated carbocycles. The van der Waals surface area contributed by atoms with Crippen LogP contribution in [0.3, 0.4) is 0 Å². The van der Waals surface area contributed by atoms with Crippen LogP contribution in [0.5, 0.6) is 0 Å². The molecular weight excluding hydrogens is 314 g/mol. The van der Waals surface area contributed by atoms with Crippen molar-refractivity contribution in [2.75, 3.05) is 13.7 Å². The molecule has 24 heavy (non-hydrogen) atoms. The minimum absolute atomic E-state index is 0.172. The Labute approximate surface area is 144 Å². The topological polar surface area (TPSA) is 82.1 Å². The summed E-state index contributed by atoms with van der Waals surface area (Å²) in [5.41, 5.74) is -1.41. The van der Waals surface area contributed by atoms with Crippen molar-refractivity contribution < 1.29 is 28.6 Å². The van der Waals surface area contributed by atoms with Gasteiger partial charge in [0.25, 0.3) is 0 Å². The average molecular weight is 345 g/mol. The summed E-state index contributed by atoms with van der Waals surface area (Å²) < 4.78 is 15.1. The Morgan fingerprint density at radius 2 is 1.25 bits per heavy atom. The first kappa shape index (κ1) is 22.2. The molecule has 7 heteroatoms. The molecule has 0 spiro atoms. The van der Waals surface area contributed by atoms with Crippen molar-refractivity contribution in [3.05, 3.63) is 0 Å². The molecule has 7 nitrogen and oxygen atoms in total. The third kappa shape index (κ3) is 10.9. The summed E-state index contributed by atoms with van der Waals surface area (Å²) in [6.45, 7) is 10.6. The van der Waals surface area contributed by atoms with Crippen LogP contribution < -0.4 is 0 Å². The van der Waals surface area contributed by atoms with E-state index >= 15 is 0 Å². The van der Waals surface area contributed by atoms with E-state index in [9.17, 15) is 14.4 Å². The predicted molar refractivity (Wildman–Crippen MR) is 89.7 cm³/mol. The van der Waals surface area contributed by atoms with Crippen molar-refractivity contribution in [1.82, 2.24) is 4.90 Å². The molecule has 0 aromatic heterocycles. The monoisotopic (exact) mass is 345 g/mol. The van der Waals surface area contributed by atoms with E-state index in [4.69, 9.17) is 9.47 Å². The van der Waals surface area contributed by atoms with Crippen molar-refractivity contribution >= 4 is 18.2 Å². The molecule has 0 aromatic carbocycles. The summed E-state index contributed by atoms with van der Waals surface area (Å²) in [6.07, 6.45) is 0.708. The quantitative estimate of drug-likeness (QED) is 0.412. The zero-order chi connectivity index (χ0) is 19.0. The molecule has 0 aliphatic rings. The van der Waals surface area contributed by atoms with Crippen LogP contribution in [-0.2, 0) is 19.0 Å². The Balaban J connectivity index is 4.66. The highest BCUT2D eigenvalue weighted by atomic mass is 16.6. The second-order valence-corrected chi connectivity index (χ2v) is 7.50. The number of amides is 2. The zero-order valence-electron chi connectivity index (χ0n) is 15.9. The number of hydrogen-bond donors (Lipinski definition) is 0. The highest BCUT2D eigenvalue weighted by molar-refractivity contribution is 5.88. The Hall–Kier alpha value is -1.79. The smallest absolute Gasteiger partial charge is 0.419 e. The van der Waals surface area contributed by atoms with E-state index in [1.165, 1.54) is 7.11 Å². The second-order valence-electron chi connectivity index (χ2n) is 7.50. The lowest BCUT2D eigenvalue weighted by atomic mass is 10.2. The maximum atomic E-state index is 12.2. The number of methoxy groups -OCH3 is 1. The van der Waals surface area contributed by atoms with Crippen LogP contribution in [0.15, 0.2) is 0 Å². The lowest BCUT2D eigenvalue weighted by Gasteiger charge is -2.28. The van der Waals surface area contributed by atoms with Crippen molar-refractivity contribution in [3.8, 4) is 0 Å². The van der Waals surface area contributed by atoms with E-state index < -0.39 is 23.4 Å². The van der Waals surface area contributed by atoms with Crippen LogP contribution in [0.25, 0.3) is 0 Å². The molecule has 0 bridgehead atoms. The summed E-state index contributed by atoms with van der Waals surface area (Å²) >= 11 is 0. The van der Waals surface area contributed by atoms with Gasteiger partial charge in [-0.15, -0.1) is 0 Å². The van der Waals surface area contributed by atoms with Gasteiger partial charge >= 0.3 is 18.2 Å². The first-order chi connectivity index (χ1) is 10.9. The fraction of sp³-hybridized carbons (Fsp3) is 0.824. The predicted octanol–water partition coefficient (Wildman–Crippen LogP) is 3.89. The molecule has 0 aliphatic heterocycles. The second kappa shape index (κ2) is 9.49. The van der Waals surface area contributed by atoms with Gasteiger partial charge in [-0.2, -0.15) is 0 Å². The number of carbonyl (C=O) groups excluding carboxylic acids is 3. The number of carbonyl (C=O) groups is 3. The van der Waals surface area contributed by atoms with Gasteiger partial charge in [-0.1, -0.05) is 6.42 Å². The van der Waals surface area contributed by atoms with E-state index in [0.29, 0.717) is 25.7 Å². The van der Waals surface area contributed by atoms with Gasteiger partial charge in [0, 0.05) is 13.0 Å². The van der Waals surface area contributed by atoms with Crippen LogP contribution in [0.1, 0.15) is 67.2 Å². The molecule has 0 aliphatic carbocycles. The lowest BCUT2D eigenvalue weighted by molar-refractivity contribution is -0.140. The van der Waals surface area contributed by atoms with Crippen LogP contribution >= 0.6 is 0 Å². The minimum Gasteiger partial charge on any atom is -0.469 e. The van der Waals surface area contributed by atoms with Gasteiger partial charge in [-0.05, 0) is 54.4 Å². The number of nitrogens with zero attached hydrogens (tertiary/aromatic N) is 1. The largest absolute Gasteiger partial charge is 0.469 e. The van der Waals surface area contributed by atoms with Crippen LogP contribution in [0.4, 0.5) is 9.59 Å². The number of hydrogen-bond acceptors (Lipinski definition) is 6. The summed E-state index contributed by atoms with van der Waals surface area (Å²) in [5.74, 6) is -0.272. The highest BCUT2D eigenvalue weighted by Crippen LogP contribution is 2.15. The van der Waals surface area contributed by atoms with Gasteiger partial charge in [0.15, 0.2) is 0 Å². The number of rotatable bonds is 6. The molecule has 0 fully saturated rings. The summed E-state index contributed by atoms with van der Waals surface area (Å²) in [7, 11) is 1.34. The highest BCUT2D eigenvalue weighted by Gasteiger charge is 2.30. The molecule has 0 N–H and O–H groups in total. The van der Waals surface area contributed by atoms with Gasteiger partial charge in [-0.3, -0.25) is 4.79 Å². The summed E-state index contributed by atoms with van der Waals surface area (Å²) in [5, 5.41) is 0. The first-order valence-electron chi connectivity index (χ1n) is 8.16. The maximum Gasteiger partial charge on any atom is 0.419 e. The average Bonchev–Trinajstić information content (AvgIpc) is 2.37. The van der Waals surface area contributed by atoms with Crippen molar-refractivity contribution in [2.24, 2.45) is 0 Å². The normalized spacial score (nSPS) is 11.6. The van der Waals surface area contributed by atoms with Gasteiger partial charge in [-0.25, -0.2) is 14.5 Å². The van der Waals surface area contributed by atoms with Crippen LogP contribution in [-0.4, -0.2) is 47.9 Å². The fourth-order valence-electron chi connectivity index (χ4n) is 1.71. The fourth-order valence-corrected chi connectivity index (χ4v) is 1.71. The summed E-state index contributed by atoms with van der Waals surface area (Å²) in [4.78, 5) is 36.5. The summed E-state index contributed by atoms with van der Waals surface area (Å²) in [6, 6.07) is 0. The van der Waals surface area contributed by atoms with Gasteiger partial charge in [0.2, 0.25) is 0 Å². The molecule has 0 radical (unpaired) electrons. The third-order valence-corrected chi connectivity index (χ3v) is 2.72. The molecule has 0 heterocycles. The van der Waals surface area contributed by atoms with E-state index in [2.05, 4.69) is 4.74 Å². The van der Waals surface area contributed by atoms with E-state index in [-0.39, 0.29) is 12.5 Å².